The summed E-state index contributed by atoms with van der Waals surface area (Å²) in [7, 11) is 1.31. The SMILES string of the molecule is COc1ccc([N+](=O)[O-])c(/C(C#N)=C/c2ccc(C(F)(F)F)cc2)n1. The van der Waals surface area contributed by atoms with E-state index in [-0.39, 0.29) is 22.7 Å². The van der Waals surface area contributed by atoms with Crippen molar-refractivity contribution in [1.82, 2.24) is 4.98 Å². The number of pyridine rings is 1. The minimum Gasteiger partial charge on any atom is -0.481 e. The van der Waals surface area contributed by atoms with Crippen LogP contribution in [0.15, 0.2) is 36.4 Å². The molecule has 2 rings (SSSR count). The molecule has 0 saturated carbocycles. The molecule has 6 nitrogen and oxygen atoms in total. The average Bonchev–Trinajstić information content (AvgIpc) is 2.58. The molecule has 0 amide bonds. The van der Waals surface area contributed by atoms with Gasteiger partial charge in [-0.25, -0.2) is 4.98 Å². The Morgan fingerprint density at radius 3 is 2.40 bits per heavy atom. The number of hydrogen-bond acceptors (Lipinski definition) is 5. The summed E-state index contributed by atoms with van der Waals surface area (Å²) in [6.45, 7) is 0. The molecule has 0 fully saturated rings. The average molecular weight is 349 g/mol. The van der Waals surface area contributed by atoms with Crippen LogP contribution >= 0.6 is 0 Å². The van der Waals surface area contributed by atoms with Crippen LogP contribution in [0.3, 0.4) is 0 Å². The number of aromatic nitrogens is 1. The second kappa shape index (κ2) is 7.00. The summed E-state index contributed by atoms with van der Waals surface area (Å²) in [4.78, 5) is 14.3. The zero-order chi connectivity index (χ0) is 18.6. The van der Waals surface area contributed by atoms with E-state index in [1.165, 1.54) is 19.3 Å². The number of hydrogen-bond donors (Lipinski definition) is 0. The van der Waals surface area contributed by atoms with E-state index in [1.807, 2.05) is 0 Å². The first-order valence-corrected chi connectivity index (χ1v) is 6.75. The highest BCUT2D eigenvalue weighted by Crippen LogP contribution is 2.31. The van der Waals surface area contributed by atoms with Crippen molar-refractivity contribution in [2.45, 2.75) is 6.18 Å². The maximum Gasteiger partial charge on any atom is 0.416 e. The smallest absolute Gasteiger partial charge is 0.416 e. The molecule has 0 spiro atoms. The van der Waals surface area contributed by atoms with Gasteiger partial charge in [-0.2, -0.15) is 18.4 Å². The van der Waals surface area contributed by atoms with Gasteiger partial charge in [0.25, 0.3) is 5.69 Å². The molecule has 0 bridgehead atoms. The lowest BCUT2D eigenvalue weighted by Crippen LogP contribution is -2.04. The molecular formula is C16H10F3N3O3. The van der Waals surface area contributed by atoms with Gasteiger partial charge in [0, 0.05) is 12.1 Å². The number of halogens is 3. The van der Waals surface area contributed by atoms with Crippen molar-refractivity contribution in [1.29, 1.82) is 5.26 Å². The van der Waals surface area contributed by atoms with Crippen molar-refractivity contribution in [3.8, 4) is 11.9 Å². The number of methoxy groups -OCH3 is 1. The Hall–Kier alpha value is -3.41. The fourth-order valence-electron chi connectivity index (χ4n) is 1.98. The van der Waals surface area contributed by atoms with E-state index in [2.05, 4.69) is 4.98 Å². The normalized spacial score (nSPS) is 11.7. The van der Waals surface area contributed by atoms with Crippen molar-refractivity contribution in [2.24, 2.45) is 0 Å². The molecular weight excluding hydrogens is 339 g/mol. The lowest BCUT2D eigenvalue weighted by atomic mass is 10.1. The summed E-state index contributed by atoms with van der Waals surface area (Å²) >= 11 is 0. The fraction of sp³-hybridized carbons (Fsp3) is 0.125. The molecule has 0 saturated heterocycles. The molecule has 0 N–H and O–H groups in total. The first-order chi connectivity index (χ1) is 11.8. The van der Waals surface area contributed by atoms with Gasteiger partial charge in [0.2, 0.25) is 5.88 Å². The summed E-state index contributed by atoms with van der Waals surface area (Å²) in [5, 5.41) is 20.4. The van der Waals surface area contributed by atoms with Crippen LogP contribution in [0.5, 0.6) is 5.88 Å². The summed E-state index contributed by atoms with van der Waals surface area (Å²) in [5.74, 6) is 0.0640. The maximum atomic E-state index is 12.6. The van der Waals surface area contributed by atoms with Crippen LogP contribution in [0.25, 0.3) is 11.6 Å². The first kappa shape index (κ1) is 17.9. The minimum atomic E-state index is -4.48. The molecule has 0 aliphatic carbocycles. The van der Waals surface area contributed by atoms with Gasteiger partial charge in [-0.05, 0) is 23.8 Å². The Bertz CT molecular complexity index is 869. The van der Waals surface area contributed by atoms with Crippen molar-refractivity contribution in [2.75, 3.05) is 7.11 Å². The Morgan fingerprint density at radius 2 is 1.92 bits per heavy atom. The summed E-state index contributed by atoms with van der Waals surface area (Å²) in [6, 6.07) is 8.21. The summed E-state index contributed by atoms with van der Waals surface area (Å²) < 4.78 is 42.6. The highest BCUT2D eigenvalue weighted by atomic mass is 19.4. The molecule has 9 heteroatoms. The van der Waals surface area contributed by atoms with Crippen LogP contribution in [-0.2, 0) is 6.18 Å². The minimum absolute atomic E-state index is 0.0640. The maximum absolute atomic E-state index is 12.6. The summed E-state index contributed by atoms with van der Waals surface area (Å²) in [6.07, 6.45) is -3.26. The zero-order valence-corrected chi connectivity index (χ0v) is 12.7. The van der Waals surface area contributed by atoms with E-state index in [0.717, 1.165) is 30.3 Å². The number of rotatable bonds is 4. The van der Waals surface area contributed by atoms with E-state index >= 15 is 0 Å². The molecule has 0 aliphatic rings. The van der Waals surface area contributed by atoms with Crippen molar-refractivity contribution in [3.63, 3.8) is 0 Å². The Morgan fingerprint density at radius 1 is 1.28 bits per heavy atom. The highest BCUT2D eigenvalue weighted by molar-refractivity contribution is 5.91. The molecule has 2 aromatic rings. The third-order valence-corrected chi connectivity index (χ3v) is 3.18. The van der Waals surface area contributed by atoms with Crippen LogP contribution in [0.2, 0.25) is 0 Å². The van der Waals surface area contributed by atoms with Gasteiger partial charge in [0.05, 0.1) is 23.2 Å². The van der Waals surface area contributed by atoms with Gasteiger partial charge in [-0.15, -0.1) is 0 Å². The standard InChI is InChI=1S/C16H10F3N3O3/c1-25-14-7-6-13(22(23)24)15(21-14)11(9-20)8-10-2-4-12(5-3-10)16(17,18)19/h2-8H,1H3/b11-8+. The second-order valence-electron chi connectivity index (χ2n) is 4.77. The molecule has 1 heterocycles. The van der Waals surface area contributed by atoms with Crippen molar-refractivity contribution in [3.05, 3.63) is 63.3 Å². The predicted octanol–water partition coefficient (Wildman–Crippen LogP) is 4.08. The first-order valence-electron chi connectivity index (χ1n) is 6.75. The monoisotopic (exact) mass is 349 g/mol. The molecule has 0 unspecified atom stereocenters. The van der Waals surface area contributed by atoms with Gasteiger partial charge in [-0.3, -0.25) is 10.1 Å². The largest absolute Gasteiger partial charge is 0.481 e. The molecule has 0 aliphatic heterocycles. The van der Waals surface area contributed by atoms with Crippen LogP contribution in [0, 0.1) is 21.4 Å². The van der Waals surface area contributed by atoms with Crippen LogP contribution < -0.4 is 4.74 Å². The summed E-state index contributed by atoms with van der Waals surface area (Å²) in [5.41, 5.74) is -1.39. The van der Waals surface area contributed by atoms with Crippen LogP contribution in [0.4, 0.5) is 18.9 Å². The Balaban J connectivity index is 2.51. The number of nitrogens with zero attached hydrogens (tertiary/aromatic N) is 3. The zero-order valence-electron chi connectivity index (χ0n) is 12.7. The number of nitriles is 1. The topological polar surface area (TPSA) is 89.0 Å². The lowest BCUT2D eigenvalue weighted by Gasteiger charge is -2.07. The van der Waals surface area contributed by atoms with E-state index in [1.54, 1.807) is 6.07 Å². The molecule has 0 radical (unpaired) electrons. The molecule has 1 aromatic carbocycles. The Labute approximate surface area is 139 Å². The van der Waals surface area contributed by atoms with Crippen LogP contribution in [0.1, 0.15) is 16.8 Å². The number of alkyl halides is 3. The van der Waals surface area contributed by atoms with Gasteiger partial charge in [-0.1, -0.05) is 12.1 Å². The van der Waals surface area contributed by atoms with Crippen molar-refractivity contribution >= 4 is 17.3 Å². The molecule has 1 aromatic heterocycles. The van der Waals surface area contributed by atoms with Gasteiger partial charge < -0.3 is 4.74 Å². The third-order valence-electron chi connectivity index (χ3n) is 3.18. The van der Waals surface area contributed by atoms with Crippen molar-refractivity contribution < 1.29 is 22.8 Å². The number of benzene rings is 1. The molecule has 0 atom stereocenters. The predicted molar refractivity (Wildman–Crippen MR) is 82.4 cm³/mol. The number of nitro groups is 1. The van der Waals surface area contributed by atoms with E-state index < -0.39 is 22.4 Å². The van der Waals surface area contributed by atoms with E-state index in [9.17, 15) is 28.5 Å². The van der Waals surface area contributed by atoms with E-state index in [4.69, 9.17) is 4.74 Å². The second-order valence-corrected chi connectivity index (χ2v) is 4.77. The third kappa shape index (κ3) is 4.11. The van der Waals surface area contributed by atoms with Gasteiger partial charge in [0.15, 0.2) is 5.69 Å². The van der Waals surface area contributed by atoms with Gasteiger partial charge in [0.1, 0.15) is 6.07 Å². The molecule has 25 heavy (non-hydrogen) atoms. The van der Waals surface area contributed by atoms with Crippen LogP contribution in [-0.4, -0.2) is 17.0 Å². The Kier molecular flexibility index (Phi) is 5.02. The van der Waals surface area contributed by atoms with E-state index in [0.29, 0.717) is 0 Å². The highest BCUT2D eigenvalue weighted by Gasteiger charge is 2.30. The fourth-order valence-corrected chi connectivity index (χ4v) is 1.98. The number of ether oxygens (including phenoxy) is 1. The molecule has 128 valence electrons. The number of allylic oxidation sites excluding steroid dienone is 1. The van der Waals surface area contributed by atoms with Gasteiger partial charge >= 0.3 is 6.18 Å². The lowest BCUT2D eigenvalue weighted by molar-refractivity contribution is -0.385. The quantitative estimate of drug-likeness (QED) is 0.471.